The zero-order chi connectivity index (χ0) is 11.4. The Bertz CT molecular complexity index is 462. The number of benzene rings is 2. The Hall–Kier alpha value is -1.34. The van der Waals surface area contributed by atoms with Gasteiger partial charge in [0.2, 0.25) is 0 Å². The predicted molar refractivity (Wildman–Crippen MR) is 68.4 cm³/mol. The standard InChI is InChI=1S/C15H18O/c1-2-3-8-15(16)14-10-9-12-6-4-5-7-13(12)11-14/h4-7,9-11,15-16H,2-3,8H2,1H3/t15-/m1/s1. The van der Waals surface area contributed by atoms with Crippen LogP contribution in [0.1, 0.15) is 37.9 Å². The fourth-order valence-electron chi connectivity index (χ4n) is 1.98. The Morgan fingerprint density at radius 2 is 1.81 bits per heavy atom. The van der Waals surface area contributed by atoms with Crippen LogP contribution >= 0.6 is 0 Å². The van der Waals surface area contributed by atoms with Crippen molar-refractivity contribution in [3.8, 4) is 0 Å². The van der Waals surface area contributed by atoms with Crippen LogP contribution in [0.5, 0.6) is 0 Å². The summed E-state index contributed by atoms with van der Waals surface area (Å²) >= 11 is 0. The monoisotopic (exact) mass is 214 g/mol. The maximum atomic E-state index is 10.0. The molecule has 2 aromatic carbocycles. The van der Waals surface area contributed by atoms with Crippen molar-refractivity contribution in [2.24, 2.45) is 0 Å². The van der Waals surface area contributed by atoms with Gasteiger partial charge in [0.05, 0.1) is 6.10 Å². The fraction of sp³-hybridized carbons (Fsp3) is 0.333. The second-order valence-corrected chi connectivity index (χ2v) is 4.26. The van der Waals surface area contributed by atoms with Crippen LogP contribution in [0.2, 0.25) is 0 Å². The van der Waals surface area contributed by atoms with E-state index in [1.165, 1.54) is 10.8 Å². The first-order chi connectivity index (χ1) is 7.81. The first-order valence-corrected chi connectivity index (χ1v) is 5.98. The average molecular weight is 214 g/mol. The molecule has 0 aliphatic rings. The Morgan fingerprint density at radius 3 is 2.56 bits per heavy atom. The molecule has 2 rings (SSSR count). The van der Waals surface area contributed by atoms with Crippen LogP contribution in [0, 0.1) is 0 Å². The van der Waals surface area contributed by atoms with Crippen LogP contribution in [0.15, 0.2) is 42.5 Å². The zero-order valence-corrected chi connectivity index (χ0v) is 9.69. The molecule has 0 aromatic heterocycles. The number of hydrogen-bond donors (Lipinski definition) is 1. The minimum Gasteiger partial charge on any atom is -0.388 e. The predicted octanol–water partition coefficient (Wildman–Crippen LogP) is 4.06. The van der Waals surface area contributed by atoms with Gasteiger partial charge in [-0.15, -0.1) is 0 Å². The van der Waals surface area contributed by atoms with Crippen LogP contribution in [-0.4, -0.2) is 5.11 Å². The first kappa shape index (κ1) is 11.2. The third-order valence-electron chi connectivity index (χ3n) is 2.99. The minimum atomic E-state index is -0.315. The van der Waals surface area contributed by atoms with Crippen molar-refractivity contribution in [1.29, 1.82) is 0 Å². The summed E-state index contributed by atoms with van der Waals surface area (Å²) in [5.41, 5.74) is 1.03. The highest BCUT2D eigenvalue weighted by Gasteiger charge is 2.06. The number of aliphatic hydroxyl groups excluding tert-OH is 1. The molecule has 0 saturated heterocycles. The van der Waals surface area contributed by atoms with Crippen molar-refractivity contribution in [3.63, 3.8) is 0 Å². The van der Waals surface area contributed by atoms with Crippen molar-refractivity contribution < 1.29 is 5.11 Å². The van der Waals surface area contributed by atoms with Crippen LogP contribution in [-0.2, 0) is 0 Å². The molecule has 0 aliphatic carbocycles. The maximum Gasteiger partial charge on any atom is 0.0790 e. The third kappa shape index (κ3) is 2.42. The topological polar surface area (TPSA) is 20.2 Å². The number of fused-ring (bicyclic) bond motifs is 1. The van der Waals surface area contributed by atoms with Gasteiger partial charge >= 0.3 is 0 Å². The molecule has 1 N–H and O–H groups in total. The quantitative estimate of drug-likeness (QED) is 0.813. The van der Waals surface area contributed by atoms with E-state index in [-0.39, 0.29) is 6.10 Å². The molecule has 0 fully saturated rings. The highest BCUT2D eigenvalue weighted by atomic mass is 16.3. The molecule has 1 nitrogen and oxygen atoms in total. The molecule has 0 radical (unpaired) electrons. The number of unbranched alkanes of at least 4 members (excludes halogenated alkanes) is 1. The first-order valence-electron chi connectivity index (χ1n) is 5.98. The van der Waals surface area contributed by atoms with Gasteiger partial charge < -0.3 is 5.11 Å². The molecule has 16 heavy (non-hydrogen) atoms. The molecular weight excluding hydrogens is 196 g/mol. The normalized spacial score (nSPS) is 12.9. The van der Waals surface area contributed by atoms with Gasteiger partial charge in [-0.2, -0.15) is 0 Å². The van der Waals surface area contributed by atoms with Gasteiger partial charge in [0.1, 0.15) is 0 Å². The summed E-state index contributed by atoms with van der Waals surface area (Å²) in [7, 11) is 0. The second-order valence-electron chi connectivity index (χ2n) is 4.26. The van der Waals surface area contributed by atoms with Gasteiger partial charge in [0.15, 0.2) is 0 Å². The van der Waals surface area contributed by atoms with Gasteiger partial charge in [-0.05, 0) is 28.8 Å². The van der Waals surface area contributed by atoms with Crippen LogP contribution in [0.4, 0.5) is 0 Å². The summed E-state index contributed by atoms with van der Waals surface area (Å²) < 4.78 is 0. The lowest BCUT2D eigenvalue weighted by Crippen LogP contribution is -1.96. The summed E-state index contributed by atoms with van der Waals surface area (Å²) in [6, 6.07) is 14.5. The lowest BCUT2D eigenvalue weighted by Gasteiger charge is -2.11. The van der Waals surface area contributed by atoms with Crippen molar-refractivity contribution in [3.05, 3.63) is 48.0 Å². The van der Waals surface area contributed by atoms with E-state index in [1.54, 1.807) is 0 Å². The lowest BCUT2D eigenvalue weighted by atomic mass is 10.0. The van der Waals surface area contributed by atoms with Gasteiger partial charge in [-0.3, -0.25) is 0 Å². The molecule has 0 saturated carbocycles. The van der Waals surface area contributed by atoms with E-state index in [9.17, 15) is 5.11 Å². The van der Waals surface area contributed by atoms with Crippen molar-refractivity contribution in [2.75, 3.05) is 0 Å². The minimum absolute atomic E-state index is 0.315. The molecule has 0 heterocycles. The largest absolute Gasteiger partial charge is 0.388 e. The van der Waals surface area contributed by atoms with Gasteiger partial charge in [-0.25, -0.2) is 0 Å². The Labute approximate surface area is 96.7 Å². The summed E-state index contributed by atoms with van der Waals surface area (Å²) in [5.74, 6) is 0. The van der Waals surface area contributed by atoms with Gasteiger partial charge in [-0.1, -0.05) is 56.2 Å². The summed E-state index contributed by atoms with van der Waals surface area (Å²) in [5, 5.41) is 12.4. The molecule has 0 spiro atoms. The van der Waals surface area contributed by atoms with Crippen molar-refractivity contribution in [2.45, 2.75) is 32.3 Å². The maximum absolute atomic E-state index is 10.0. The van der Waals surface area contributed by atoms with Crippen LogP contribution < -0.4 is 0 Å². The lowest BCUT2D eigenvalue weighted by molar-refractivity contribution is 0.164. The van der Waals surface area contributed by atoms with Crippen molar-refractivity contribution >= 4 is 10.8 Å². The van der Waals surface area contributed by atoms with Crippen LogP contribution in [0.25, 0.3) is 10.8 Å². The SMILES string of the molecule is CCCC[C@@H](O)c1ccc2ccccc2c1. The van der Waals surface area contributed by atoms with E-state index in [0.29, 0.717) is 0 Å². The highest BCUT2D eigenvalue weighted by molar-refractivity contribution is 5.83. The number of hydrogen-bond acceptors (Lipinski definition) is 1. The summed E-state index contributed by atoms with van der Waals surface area (Å²) in [4.78, 5) is 0. The van der Waals surface area contributed by atoms with E-state index < -0.39 is 0 Å². The van der Waals surface area contributed by atoms with E-state index in [4.69, 9.17) is 0 Å². The van der Waals surface area contributed by atoms with Gasteiger partial charge in [0, 0.05) is 0 Å². The van der Waals surface area contributed by atoms with E-state index in [1.807, 2.05) is 18.2 Å². The third-order valence-corrected chi connectivity index (χ3v) is 2.99. The Kier molecular flexibility index (Phi) is 3.58. The van der Waals surface area contributed by atoms with Crippen LogP contribution in [0.3, 0.4) is 0 Å². The van der Waals surface area contributed by atoms with Crippen molar-refractivity contribution in [1.82, 2.24) is 0 Å². The fourth-order valence-corrected chi connectivity index (χ4v) is 1.98. The molecule has 1 atom stereocenters. The second kappa shape index (κ2) is 5.13. The smallest absolute Gasteiger partial charge is 0.0790 e. The number of rotatable bonds is 4. The van der Waals surface area contributed by atoms with Gasteiger partial charge in [0.25, 0.3) is 0 Å². The Morgan fingerprint density at radius 1 is 1.06 bits per heavy atom. The Balaban J connectivity index is 2.25. The molecule has 1 heteroatoms. The molecule has 2 aromatic rings. The molecule has 84 valence electrons. The average Bonchev–Trinajstić information content (AvgIpc) is 2.35. The highest BCUT2D eigenvalue weighted by Crippen LogP contribution is 2.23. The van der Waals surface area contributed by atoms with E-state index >= 15 is 0 Å². The van der Waals surface area contributed by atoms with E-state index in [2.05, 4.69) is 31.2 Å². The molecule has 0 aliphatic heterocycles. The molecular formula is C15H18O. The number of aliphatic hydroxyl groups is 1. The van der Waals surface area contributed by atoms with E-state index in [0.717, 1.165) is 24.8 Å². The zero-order valence-electron chi connectivity index (χ0n) is 9.69. The molecule has 0 unspecified atom stereocenters. The molecule has 0 bridgehead atoms. The summed E-state index contributed by atoms with van der Waals surface area (Å²) in [6.45, 7) is 2.15. The molecule has 0 amide bonds. The summed E-state index contributed by atoms with van der Waals surface area (Å²) in [6.07, 6.45) is 2.75.